The first-order valence-corrected chi connectivity index (χ1v) is 10.4. The van der Waals surface area contributed by atoms with E-state index in [0.29, 0.717) is 5.92 Å². The number of hydrogen-bond donors (Lipinski definition) is 0. The standard InChI is InChI=1S/C24H26N2S/c1-17(2)13-19-11-12-20(14-21(19)15-25)24-26-16-23(27-24)22-10-8-6-4-5-7-9-18(22)3/h6,8,10-12,14,16-17H,3-5,7,9,13H2,1-2H3/b8-6-,22-10?. The van der Waals surface area contributed by atoms with E-state index < -0.39 is 0 Å². The van der Waals surface area contributed by atoms with E-state index in [4.69, 9.17) is 0 Å². The number of aromatic nitrogens is 1. The smallest absolute Gasteiger partial charge is 0.123 e. The van der Waals surface area contributed by atoms with Gasteiger partial charge in [-0.15, -0.1) is 11.3 Å². The molecule has 1 aliphatic carbocycles. The van der Waals surface area contributed by atoms with Crippen LogP contribution in [0.15, 0.2) is 54.8 Å². The van der Waals surface area contributed by atoms with Gasteiger partial charge >= 0.3 is 0 Å². The van der Waals surface area contributed by atoms with E-state index in [1.807, 2.05) is 12.3 Å². The molecule has 0 amide bonds. The van der Waals surface area contributed by atoms with Gasteiger partial charge in [0.05, 0.1) is 16.5 Å². The number of nitriles is 1. The van der Waals surface area contributed by atoms with Crippen LogP contribution in [0.1, 0.15) is 55.5 Å². The molecule has 0 bridgehead atoms. The van der Waals surface area contributed by atoms with Gasteiger partial charge in [-0.3, -0.25) is 0 Å². The zero-order valence-electron chi connectivity index (χ0n) is 16.2. The molecule has 3 rings (SSSR count). The van der Waals surface area contributed by atoms with Crippen molar-refractivity contribution in [2.75, 3.05) is 0 Å². The van der Waals surface area contributed by atoms with E-state index in [-0.39, 0.29) is 0 Å². The van der Waals surface area contributed by atoms with Gasteiger partial charge in [-0.2, -0.15) is 5.26 Å². The molecule has 2 nitrogen and oxygen atoms in total. The molecule has 1 aliphatic rings. The van der Waals surface area contributed by atoms with Crippen LogP contribution in [0.3, 0.4) is 0 Å². The first kappa shape index (κ1) is 19.3. The summed E-state index contributed by atoms with van der Waals surface area (Å²) < 4.78 is 0. The molecule has 1 aromatic heterocycles. The van der Waals surface area contributed by atoms with E-state index in [0.717, 1.165) is 45.8 Å². The van der Waals surface area contributed by atoms with E-state index >= 15 is 0 Å². The fourth-order valence-electron chi connectivity index (χ4n) is 3.33. The van der Waals surface area contributed by atoms with Crippen LogP contribution < -0.4 is 0 Å². The normalized spacial score (nSPS) is 16.2. The van der Waals surface area contributed by atoms with Crippen LogP contribution in [-0.2, 0) is 6.42 Å². The maximum atomic E-state index is 9.54. The summed E-state index contributed by atoms with van der Waals surface area (Å²) in [4.78, 5) is 5.79. The number of benzene rings is 1. The zero-order valence-corrected chi connectivity index (χ0v) is 17.0. The molecule has 0 atom stereocenters. The molecule has 2 aromatic rings. The molecular weight excluding hydrogens is 348 g/mol. The predicted molar refractivity (Wildman–Crippen MR) is 116 cm³/mol. The molecule has 138 valence electrons. The van der Waals surface area contributed by atoms with Gasteiger partial charge in [-0.05, 0) is 60.8 Å². The number of allylic oxidation sites excluding steroid dienone is 5. The lowest BCUT2D eigenvalue weighted by Gasteiger charge is -2.08. The summed E-state index contributed by atoms with van der Waals surface area (Å²) in [5.74, 6) is 0.531. The monoisotopic (exact) mass is 374 g/mol. The van der Waals surface area contributed by atoms with E-state index in [9.17, 15) is 5.26 Å². The fraction of sp³-hybridized carbons (Fsp3) is 0.333. The summed E-state index contributed by atoms with van der Waals surface area (Å²) >= 11 is 1.67. The Morgan fingerprint density at radius 3 is 2.93 bits per heavy atom. The summed E-state index contributed by atoms with van der Waals surface area (Å²) in [5, 5.41) is 10.5. The van der Waals surface area contributed by atoms with Gasteiger partial charge in [0, 0.05) is 11.8 Å². The van der Waals surface area contributed by atoms with Crippen LogP contribution in [0.4, 0.5) is 0 Å². The summed E-state index contributed by atoms with van der Waals surface area (Å²) in [6.45, 7) is 8.65. The minimum atomic E-state index is 0.531. The Bertz CT molecular complexity index is 922. The van der Waals surface area contributed by atoms with Gasteiger partial charge < -0.3 is 0 Å². The molecule has 0 N–H and O–H groups in total. The molecule has 1 aromatic carbocycles. The third-order valence-corrected chi connectivity index (χ3v) is 5.84. The summed E-state index contributed by atoms with van der Waals surface area (Å²) in [6, 6.07) is 8.50. The molecule has 1 heterocycles. The average molecular weight is 375 g/mol. The van der Waals surface area contributed by atoms with Crippen molar-refractivity contribution < 1.29 is 0 Å². The first-order chi connectivity index (χ1) is 13.1. The number of hydrogen-bond acceptors (Lipinski definition) is 3. The summed E-state index contributed by atoms with van der Waals surface area (Å²) in [5.41, 5.74) is 5.26. The third kappa shape index (κ3) is 4.84. The van der Waals surface area contributed by atoms with Crippen LogP contribution in [-0.4, -0.2) is 4.98 Å². The van der Waals surface area contributed by atoms with Gasteiger partial charge in [0.15, 0.2) is 0 Å². The Kier molecular flexibility index (Phi) is 6.42. The van der Waals surface area contributed by atoms with E-state index in [1.165, 1.54) is 24.0 Å². The Balaban J connectivity index is 1.91. The Hall–Kier alpha value is -2.44. The lowest BCUT2D eigenvalue weighted by Crippen LogP contribution is -1.97. The summed E-state index contributed by atoms with van der Waals surface area (Å²) in [7, 11) is 0. The van der Waals surface area contributed by atoms with Crippen molar-refractivity contribution >= 4 is 16.9 Å². The summed E-state index contributed by atoms with van der Waals surface area (Å²) in [6.07, 6.45) is 13.9. The maximum Gasteiger partial charge on any atom is 0.123 e. The molecule has 0 fully saturated rings. The average Bonchev–Trinajstić information content (AvgIpc) is 3.15. The van der Waals surface area contributed by atoms with Gasteiger partial charge in [-0.1, -0.05) is 50.8 Å². The van der Waals surface area contributed by atoms with Crippen molar-refractivity contribution in [2.24, 2.45) is 5.92 Å². The van der Waals surface area contributed by atoms with Crippen LogP contribution in [0, 0.1) is 17.2 Å². The predicted octanol–water partition coefficient (Wildman–Crippen LogP) is 6.95. The van der Waals surface area contributed by atoms with Crippen molar-refractivity contribution in [2.45, 2.75) is 46.0 Å². The highest BCUT2D eigenvalue weighted by molar-refractivity contribution is 7.16. The highest BCUT2D eigenvalue weighted by atomic mass is 32.1. The molecule has 0 saturated heterocycles. The molecule has 0 unspecified atom stereocenters. The Morgan fingerprint density at radius 2 is 2.15 bits per heavy atom. The highest BCUT2D eigenvalue weighted by Gasteiger charge is 2.13. The second-order valence-corrected chi connectivity index (χ2v) is 8.50. The molecule has 3 heteroatoms. The highest BCUT2D eigenvalue weighted by Crippen LogP contribution is 2.35. The molecule has 0 aliphatic heterocycles. The van der Waals surface area contributed by atoms with Gasteiger partial charge in [-0.25, -0.2) is 4.98 Å². The molecular formula is C24H26N2S. The van der Waals surface area contributed by atoms with Crippen molar-refractivity contribution in [3.63, 3.8) is 0 Å². The first-order valence-electron chi connectivity index (χ1n) is 9.63. The van der Waals surface area contributed by atoms with Gasteiger partial charge in [0.1, 0.15) is 5.01 Å². The number of nitrogens with zero attached hydrogens (tertiary/aromatic N) is 2. The SMILES string of the molecule is C=C1CCCC/C=C\C=C1c1cnc(-c2ccc(CC(C)C)c(C#N)c2)s1. The fourth-order valence-corrected chi connectivity index (χ4v) is 4.32. The van der Waals surface area contributed by atoms with E-state index in [1.54, 1.807) is 11.3 Å². The maximum absolute atomic E-state index is 9.54. The minimum absolute atomic E-state index is 0.531. The quantitative estimate of drug-likeness (QED) is 0.580. The second-order valence-electron chi connectivity index (χ2n) is 7.47. The second kappa shape index (κ2) is 8.97. The van der Waals surface area contributed by atoms with Crippen molar-refractivity contribution in [3.8, 4) is 16.6 Å². The van der Waals surface area contributed by atoms with Crippen LogP contribution in [0.5, 0.6) is 0 Å². The third-order valence-electron chi connectivity index (χ3n) is 4.76. The lowest BCUT2D eigenvalue weighted by molar-refractivity contribution is 0.646. The zero-order chi connectivity index (χ0) is 19.2. The lowest BCUT2D eigenvalue weighted by atomic mass is 9.97. The van der Waals surface area contributed by atoms with Gasteiger partial charge in [0.25, 0.3) is 0 Å². The van der Waals surface area contributed by atoms with Crippen LogP contribution >= 0.6 is 11.3 Å². The number of thiazole rings is 1. The van der Waals surface area contributed by atoms with Crippen molar-refractivity contribution in [3.05, 3.63) is 70.8 Å². The van der Waals surface area contributed by atoms with Crippen molar-refractivity contribution in [1.29, 1.82) is 5.26 Å². The van der Waals surface area contributed by atoms with Crippen LogP contribution in [0.2, 0.25) is 0 Å². The largest absolute Gasteiger partial charge is 0.244 e. The van der Waals surface area contributed by atoms with E-state index in [2.05, 4.69) is 61.8 Å². The number of rotatable bonds is 4. The molecule has 0 radical (unpaired) electrons. The molecule has 0 saturated carbocycles. The van der Waals surface area contributed by atoms with Crippen molar-refractivity contribution in [1.82, 2.24) is 4.98 Å². The van der Waals surface area contributed by atoms with Crippen LogP contribution in [0.25, 0.3) is 16.1 Å². The van der Waals surface area contributed by atoms with Gasteiger partial charge in [0.2, 0.25) is 0 Å². The topological polar surface area (TPSA) is 36.7 Å². The minimum Gasteiger partial charge on any atom is -0.244 e. The molecule has 0 spiro atoms. The Labute approximate surface area is 166 Å². The molecule has 27 heavy (non-hydrogen) atoms. The Morgan fingerprint density at radius 1 is 1.30 bits per heavy atom.